The summed E-state index contributed by atoms with van der Waals surface area (Å²) in [6, 6.07) is 12.3. The van der Waals surface area contributed by atoms with E-state index in [0.29, 0.717) is 23.6 Å². The Morgan fingerprint density at radius 2 is 1.88 bits per heavy atom. The van der Waals surface area contributed by atoms with Gasteiger partial charge in [0.25, 0.3) is 5.91 Å². The number of amides is 2. The van der Waals surface area contributed by atoms with Gasteiger partial charge in [-0.05, 0) is 17.0 Å². The molecule has 0 bridgehead atoms. The highest BCUT2D eigenvalue weighted by Gasteiger charge is 2.22. The number of thioether (sulfide) groups is 1. The lowest BCUT2D eigenvalue weighted by Crippen LogP contribution is -2.48. The third-order valence-electron chi connectivity index (χ3n) is 3.42. The number of carbonyl (C=O) groups is 3. The lowest BCUT2D eigenvalue weighted by atomic mass is 10.1. The lowest BCUT2D eigenvalue weighted by Gasteiger charge is -2.18. The number of carboxylic acids is 1. The van der Waals surface area contributed by atoms with Gasteiger partial charge in [0.05, 0.1) is 10.6 Å². The monoisotopic (exact) mass is 392 g/mol. The normalized spacial score (nSPS) is 11.5. The van der Waals surface area contributed by atoms with Gasteiger partial charge in [0.1, 0.15) is 6.04 Å². The van der Waals surface area contributed by atoms with Gasteiger partial charge >= 0.3 is 5.97 Å². The number of carboxylic acid groups (broad SMARTS) is 1. The number of benzene rings is 1. The second kappa shape index (κ2) is 10.6. The van der Waals surface area contributed by atoms with Crippen LogP contribution in [0.25, 0.3) is 0 Å². The summed E-state index contributed by atoms with van der Waals surface area (Å²) in [4.78, 5) is 35.8. The van der Waals surface area contributed by atoms with Crippen molar-refractivity contribution in [2.24, 2.45) is 0 Å². The van der Waals surface area contributed by atoms with Gasteiger partial charge in [0, 0.05) is 18.7 Å². The highest BCUT2D eigenvalue weighted by atomic mass is 32.2. The summed E-state index contributed by atoms with van der Waals surface area (Å²) in [6.07, 6.45) is 0.381. The summed E-state index contributed by atoms with van der Waals surface area (Å²) in [7, 11) is 0. The smallest absolute Gasteiger partial charge is 0.313 e. The Bertz CT molecular complexity index is 720. The minimum absolute atomic E-state index is 0.00156. The zero-order valence-corrected chi connectivity index (χ0v) is 15.6. The fourth-order valence-corrected chi connectivity index (χ4v) is 3.42. The molecule has 0 saturated carbocycles. The van der Waals surface area contributed by atoms with Crippen LogP contribution in [0.4, 0.5) is 0 Å². The first-order valence-electron chi connectivity index (χ1n) is 8.02. The SMILES string of the molecule is O=C(O)CSCCNC(=O)C(Cc1ccccc1)NC(=O)c1cccs1. The molecule has 3 N–H and O–H groups in total. The molecule has 0 aliphatic heterocycles. The molecule has 1 heterocycles. The molecule has 0 radical (unpaired) electrons. The minimum Gasteiger partial charge on any atom is -0.481 e. The molecule has 1 aromatic heterocycles. The molecule has 2 aromatic rings. The minimum atomic E-state index is -0.883. The Kier molecular flexibility index (Phi) is 8.17. The molecule has 0 aliphatic rings. The van der Waals surface area contributed by atoms with Gasteiger partial charge in [0.15, 0.2) is 0 Å². The van der Waals surface area contributed by atoms with Crippen LogP contribution in [0.2, 0.25) is 0 Å². The van der Waals surface area contributed by atoms with Crippen molar-refractivity contribution in [3.05, 3.63) is 58.3 Å². The quantitative estimate of drug-likeness (QED) is 0.538. The molecule has 26 heavy (non-hydrogen) atoms. The van der Waals surface area contributed by atoms with Crippen LogP contribution < -0.4 is 10.6 Å². The average Bonchev–Trinajstić information content (AvgIpc) is 3.16. The van der Waals surface area contributed by atoms with E-state index in [2.05, 4.69) is 10.6 Å². The van der Waals surface area contributed by atoms with Crippen molar-refractivity contribution in [3.63, 3.8) is 0 Å². The number of rotatable bonds is 10. The van der Waals surface area contributed by atoms with Gasteiger partial charge in [-0.1, -0.05) is 36.4 Å². The first-order chi connectivity index (χ1) is 12.6. The molecule has 0 saturated heterocycles. The summed E-state index contributed by atoms with van der Waals surface area (Å²) in [6.45, 7) is 0.344. The molecule has 0 spiro atoms. The third kappa shape index (κ3) is 6.89. The summed E-state index contributed by atoms with van der Waals surface area (Å²) in [5.74, 6) is -0.953. The molecule has 2 rings (SSSR count). The maximum atomic E-state index is 12.5. The standard InChI is InChI=1S/C18H20N2O4S2/c21-16(22)12-25-10-8-19-17(23)14(11-13-5-2-1-3-6-13)20-18(24)15-7-4-9-26-15/h1-7,9,14H,8,10-12H2,(H,19,23)(H,20,24)(H,21,22). The average molecular weight is 393 g/mol. The van der Waals surface area contributed by atoms with Crippen LogP contribution in [0.5, 0.6) is 0 Å². The molecule has 138 valence electrons. The van der Waals surface area contributed by atoms with Crippen LogP contribution in [0, 0.1) is 0 Å². The van der Waals surface area contributed by atoms with Crippen LogP contribution in [0.3, 0.4) is 0 Å². The predicted molar refractivity (Wildman–Crippen MR) is 104 cm³/mol. The van der Waals surface area contributed by atoms with Crippen molar-refractivity contribution >= 4 is 40.9 Å². The van der Waals surface area contributed by atoms with Gasteiger partial charge in [-0.25, -0.2) is 0 Å². The second-order valence-corrected chi connectivity index (χ2v) is 7.48. The molecule has 8 heteroatoms. The van der Waals surface area contributed by atoms with Crippen LogP contribution >= 0.6 is 23.1 Å². The second-order valence-electron chi connectivity index (χ2n) is 5.43. The van der Waals surface area contributed by atoms with E-state index in [1.165, 1.54) is 23.1 Å². The maximum Gasteiger partial charge on any atom is 0.313 e. The van der Waals surface area contributed by atoms with Gasteiger partial charge in [-0.2, -0.15) is 0 Å². The molecule has 6 nitrogen and oxygen atoms in total. The van der Waals surface area contributed by atoms with Crippen LogP contribution in [-0.2, 0) is 16.0 Å². The van der Waals surface area contributed by atoms with Crippen molar-refractivity contribution in [2.45, 2.75) is 12.5 Å². The van der Waals surface area contributed by atoms with Crippen molar-refractivity contribution < 1.29 is 19.5 Å². The van der Waals surface area contributed by atoms with Crippen LogP contribution in [0.15, 0.2) is 47.8 Å². The van der Waals surface area contributed by atoms with Crippen LogP contribution in [-0.4, -0.2) is 47.0 Å². The van der Waals surface area contributed by atoms with E-state index >= 15 is 0 Å². The van der Waals surface area contributed by atoms with Gasteiger partial charge < -0.3 is 15.7 Å². The number of carbonyl (C=O) groups excluding carboxylic acids is 2. The Hall–Kier alpha value is -2.32. The summed E-state index contributed by atoms with van der Waals surface area (Å²) >= 11 is 2.55. The Morgan fingerprint density at radius 3 is 2.54 bits per heavy atom. The number of thiophene rings is 1. The van der Waals surface area contributed by atoms with Crippen molar-refractivity contribution in [3.8, 4) is 0 Å². The van der Waals surface area contributed by atoms with E-state index < -0.39 is 12.0 Å². The molecule has 1 atom stereocenters. The Morgan fingerprint density at radius 1 is 1.12 bits per heavy atom. The van der Waals surface area contributed by atoms with E-state index in [9.17, 15) is 14.4 Å². The van der Waals surface area contributed by atoms with Gasteiger partial charge in [0.2, 0.25) is 5.91 Å². The molecule has 0 aliphatic carbocycles. The van der Waals surface area contributed by atoms with Gasteiger partial charge in [-0.15, -0.1) is 23.1 Å². The topological polar surface area (TPSA) is 95.5 Å². The van der Waals surface area contributed by atoms with Crippen LogP contribution in [0.1, 0.15) is 15.2 Å². The first kappa shape index (κ1) is 20.0. The van der Waals surface area contributed by atoms with E-state index in [-0.39, 0.29) is 17.6 Å². The molecule has 2 amide bonds. The number of aliphatic carboxylic acids is 1. The first-order valence-corrected chi connectivity index (χ1v) is 10.0. The number of nitrogens with one attached hydrogen (secondary N) is 2. The van der Waals surface area contributed by atoms with E-state index in [0.717, 1.165) is 5.56 Å². The Labute approximate surface area is 160 Å². The molecular formula is C18H20N2O4S2. The van der Waals surface area contributed by atoms with E-state index in [1.54, 1.807) is 17.5 Å². The Balaban J connectivity index is 1.94. The number of hydrogen-bond acceptors (Lipinski definition) is 5. The van der Waals surface area contributed by atoms with E-state index in [4.69, 9.17) is 5.11 Å². The zero-order chi connectivity index (χ0) is 18.8. The van der Waals surface area contributed by atoms with E-state index in [1.807, 2.05) is 30.3 Å². The maximum absolute atomic E-state index is 12.5. The van der Waals surface area contributed by atoms with Crippen molar-refractivity contribution in [1.82, 2.24) is 10.6 Å². The highest BCUT2D eigenvalue weighted by molar-refractivity contribution is 7.99. The fraction of sp³-hybridized carbons (Fsp3) is 0.278. The molecule has 1 aromatic carbocycles. The van der Waals surface area contributed by atoms with Gasteiger partial charge in [-0.3, -0.25) is 14.4 Å². The fourth-order valence-electron chi connectivity index (χ4n) is 2.23. The van der Waals surface area contributed by atoms with Crippen molar-refractivity contribution in [2.75, 3.05) is 18.1 Å². The largest absolute Gasteiger partial charge is 0.481 e. The third-order valence-corrected chi connectivity index (χ3v) is 5.23. The summed E-state index contributed by atoms with van der Waals surface area (Å²) in [5.41, 5.74) is 0.944. The molecule has 1 unspecified atom stereocenters. The summed E-state index contributed by atoms with van der Waals surface area (Å²) in [5, 5.41) is 16.0. The highest BCUT2D eigenvalue weighted by Crippen LogP contribution is 2.10. The predicted octanol–water partition coefficient (Wildman–Crippen LogP) is 2.02. The molecular weight excluding hydrogens is 372 g/mol. The summed E-state index contributed by atoms with van der Waals surface area (Å²) < 4.78 is 0. The zero-order valence-electron chi connectivity index (χ0n) is 14.0. The van der Waals surface area contributed by atoms with Crippen molar-refractivity contribution in [1.29, 1.82) is 0 Å². The lowest BCUT2D eigenvalue weighted by molar-refractivity contribution is -0.133. The number of hydrogen-bond donors (Lipinski definition) is 3. The molecule has 0 fully saturated rings.